The van der Waals surface area contributed by atoms with E-state index in [2.05, 4.69) is 36.3 Å². The Bertz CT molecular complexity index is 379. The maximum atomic E-state index is 11.8. The molecule has 96 valence electrons. The molecule has 17 heavy (non-hydrogen) atoms. The van der Waals surface area contributed by atoms with Crippen molar-refractivity contribution in [1.29, 1.82) is 0 Å². The van der Waals surface area contributed by atoms with Gasteiger partial charge in [0.1, 0.15) is 5.69 Å². The van der Waals surface area contributed by atoms with Crippen LogP contribution in [0.4, 0.5) is 0 Å². The van der Waals surface area contributed by atoms with E-state index in [0.29, 0.717) is 5.69 Å². The van der Waals surface area contributed by atoms with Crippen molar-refractivity contribution in [2.45, 2.75) is 40.2 Å². The molecule has 0 aromatic carbocycles. The Morgan fingerprint density at radius 1 is 1.59 bits per heavy atom. The third kappa shape index (κ3) is 4.56. The van der Waals surface area contributed by atoms with Crippen LogP contribution in [-0.2, 0) is 0 Å². The first-order chi connectivity index (χ1) is 7.81. The maximum absolute atomic E-state index is 11.8. The monoisotopic (exact) mass is 239 g/mol. The van der Waals surface area contributed by atoms with Crippen LogP contribution in [0.25, 0.3) is 0 Å². The number of hydrogen-bond acceptors (Lipinski definition) is 3. The van der Waals surface area contributed by atoms with Crippen molar-refractivity contribution in [3.05, 3.63) is 17.5 Å². The highest BCUT2D eigenvalue weighted by Gasteiger charge is 2.21. The van der Waals surface area contributed by atoms with Gasteiger partial charge in [0.25, 0.3) is 5.91 Å². The van der Waals surface area contributed by atoms with E-state index in [0.717, 1.165) is 12.1 Å². The molecule has 1 aromatic heterocycles. The van der Waals surface area contributed by atoms with Crippen LogP contribution in [0.2, 0.25) is 0 Å². The Hall–Kier alpha value is -1.36. The van der Waals surface area contributed by atoms with Gasteiger partial charge in [0, 0.05) is 5.69 Å². The molecule has 1 rings (SSSR count). The first kappa shape index (κ1) is 13.7. The van der Waals surface area contributed by atoms with Crippen molar-refractivity contribution >= 4 is 5.91 Å². The van der Waals surface area contributed by atoms with Crippen LogP contribution in [0.1, 0.15) is 43.4 Å². The second-order valence-electron chi connectivity index (χ2n) is 5.55. The fourth-order valence-corrected chi connectivity index (χ4v) is 1.69. The minimum Gasteiger partial charge on any atom is -0.394 e. The standard InChI is InChI=1S/C12H21N3O2/c1-8-5-10(15-14-8)11(17)13-9(7-16)6-12(2,3)4/h5,9,16H,6-7H2,1-4H3,(H,13,17)(H,14,15). The summed E-state index contributed by atoms with van der Waals surface area (Å²) in [5.41, 5.74) is 1.25. The van der Waals surface area contributed by atoms with Gasteiger partial charge in [0.15, 0.2) is 0 Å². The lowest BCUT2D eigenvalue weighted by molar-refractivity contribution is 0.0892. The lowest BCUT2D eigenvalue weighted by atomic mass is 9.88. The van der Waals surface area contributed by atoms with E-state index >= 15 is 0 Å². The molecule has 0 spiro atoms. The SMILES string of the molecule is Cc1cc(C(=O)NC(CO)CC(C)(C)C)n[nH]1. The van der Waals surface area contributed by atoms with Gasteiger partial charge < -0.3 is 10.4 Å². The Morgan fingerprint density at radius 3 is 2.65 bits per heavy atom. The van der Waals surface area contributed by atoms with Crippen LogP contribution in [0.5, 0.6) is 0 Å². The molecule has 1 heterocycles. The number of carbonyl (C=O) groups is 1. The number of amides is 1. The molecule has 5 nitrogen and oxygen atoms in total. The summed E-state index contributed by atoms with van der Waals surface area (Å²) in [7, 11) is 0. The molecule has 3 N–H and O–H groups in total. The maximum Gasteiger partial charge on any atom is 0.272 e. The average molecular weight is 239 g/mol. The molecule has 1 aromatic rings. The highest BCUT2D eigenvalue weighted by Crippen LogP contribution is 2.20. The molecule has 1 unspecified atom stereocenters. The lowest BCUT2D eigenvalue weighted by Crippen LogP contribution is -2.40. The minimum absolute atomic E-state index is 0.0577. The smallest absolute Gasteiger partial charge is 0.272 e. The number of carbonyl (C=O) groups excluding carboxylic acids is 1. The molecule has 0 aliphatic carbocycles. The number of nitrogens with one attached hydrogen (secondary N) is 2. The van der Waals surface area contributed by atoms with E-state index in [9.17, 15) is 9.90 Å². The molecule has 5 heteroatoms. The van der Waals surface area contributed by atoms with Crippen molar-refractivity contribution < 1.29 is 9.90 Å². The van der Waals surface area contributed by atoms with Crippen molar-refractivity contribution in [3.63, 3.8) is 0 Å². The third-order valence-electron chi connectivity index (χ3n) is 2.35. The average Bonchev–Trinajstić information content (AvgIpc) is 2.61. The molecule has 0 radical (unpaired) electrons. The Morgan fingerprint density at radius 2 is 2.24 bits per heavy atom. The van der Waals surface area contributed by atoms with Gasteiger partial charge in [-0.15, -0.1) is 0 Å². The second-order valence-corrected chi connectivity index (χ2v) is 5.55. The number of aryl methyl sites for hydroxylation is 1. The first-order valence-electron chi connectivity index (χ1n) is 5.75. The summed E-state index contributed by atoms with van der Waals surface area (Å²) < 4.78 is 0. The highest BCUT2D eigenvalue weighted by atomic mass is 16.3. The summed E-state index contributed by atoms with van der Waals surface area (Å²) in [6.07, 6.45) is 0.721. The van der Waals surface area contributed by atoms with E-state index in [1.807, 2.05) is 6.92 Å². The summed E-state index contributed by atoms with van der Waals surface area (Å²) in [6.45, 7) is 7.98. The molecule has 0 saturated heterocycles. The molecule has 0 aliphatic heterocycles. The fourth-order valence-electron chi connectivity index (χ4n) is 1.69. The Balaban J connectivity index is 2.60. The number of aromatic nitrogens is 2. The van der Waals surface area contributed by atoms with Crippen molar-refractivity contribution in [1.82, 2.24) is 15.5 Å². The summed E-state index contributed by atoms with van der Waals surface area (Å²) in [5, 5.41) is 18.6. The number of aliphatic hydroxyl groups excluding tert-OH is 1. The van der Waals surface area contributed by atoms with Gasteiger partial charge in [-0.2, -0.15) is 5.10 Å². The van der Waals surface area contributed by atoms with E-state index in [1.165, 1.54) is 0 Å². The third-order valence-corrected chi connectivity index (χ3v) is 2.35. The quantitative estimate of drug-likeness (QED) is 0.740. The van der Waals surface area contributed by atoms with Gasteiger partial charge in [0.2, 0.25) is 0 Å². The van der Waals surface area contributed by atoms with Gasteiger partial charge in [-0.25, -0.2) is 0 Å². The van der Waals surface area contributed by atoms with E-state index in [4.69, 9.17) is 0 Å². The molecule has 1 atom stereocenters. The van der Waals surface area contributed by atoms with Gasteiger partial charge in [-0.3, -0.25) is 9.89 Å². The zero-order valence-corrected chi connectivity index (χ0v) is 10.9. The molecule has 0 aliphatic rings. The minimum atomic E-state index is -0.252. The van der Waals surface area contributed by atoms with Gasteiger partial charge in [-0.05, 0) is 24.8 Å². The predicted molar refractivity (Wildman–Crippen MR) is 65.7 cm³/mol. The van der Waals surface area contributed by atoms with Crippen LogP contribution >= 0.6 is 0 Å². The van der Waals surface area contributed by atoms with Crippen molar-refractivity contribution in [2.24, 2.45) is 5.41 Å². The van der Waals surface area contributed by atoms with E-state index < -0.39 is 0 Å². The zero-order chi connectivity index (χ0) is 13.1. The number of aliphatic hydroxyl groups is 1. The normalized spacial score (nSPS) is 13.5. The van der Waals surface area contributed by atoms with Crippen LogP contribution in [0.3, 0.4) is 0 Å². The van der Waals surface area contributed by atoms with Crippen molar-refractivity contribution in [2.75, 3.05) is 6.61 Å². The number of aromatic amines is 1. The van der Waals surface area contributed by atoms with Crippen LogP contribution in [0.15, 0.2) is 6.07 Å². The Kier molecular flexibility index (Phi) is 4.28. The van der Waals surface area contributed by atoms with Gasteiger partial charge >= 0.3 is 0 Å². The summed E-state index contributed by atoms with van der Waals surface area (Å²) in [6, 6.07) is 1.44. The summed E-state index contributed by atoms with van der Waals surface area (Å²) in [5.74, 6) is -0.252. The Labute approximate surface area is 102 Å². The topological polar surface area (TPSA) is 78.0 Å². The van der Waals surface area contributed by atoms with Crippen molar-refractivity contribution in [3.8, 4) is 0 Å². The number of nitrogens with zero attached hydrogens (tertiary/aromatic N) is 1. The van der Waals surface area contributed by atoms with Gasteiger partial charge in [-0.1, -0.05) is 20.8 Å². The molecule has 0 bridgehead atoms. The van der Waals surface area contributed by atoms with E-state index in [1.54, 1.807) is 6.07 Å². The lowest BCUT2D eigenvalue weighted by Gasteiger charge is -2.25. The largest absolute Gasteiger partial charge is 0.394 e. The summed E-state index contributed by atoms with van der Waals surface area (Å²) in [4.78, 5) is 11.8. The van der Waals surface area contributed by atoms with Crippen LogP contribution < -0.4 is 5.32 Å². The van der Waals surface area contributed by atoms with Gasteiger partial charge in [0.05, 0.1) is 12.6 Å². The summed E-state index contributed by atoms with van der Waals surface area (Å²) >= 11 is 0. The highest BCUT2D eigenvalue weighted by molar-refractivity contribution is 5.92. The van der Waals surface area contributed by atoms with Crippen LogP contribution in [-0.4, -0.2) is 33.9 Å². The second kappa shape index (κ2) is 5.31. The zero-order valence-electron chi connectivity index (χ0n) is 10.9. The molecule has 0 saturated carbocycles. The van der Waals surface area contributed by atoms with Crippen LogP contribution in [0, 0.1) is 12.3 Å². The number of H-pyrrole nitrogens is 1. The predicted octanol–water partition coefficient (Wildman–Crippen LogP) is 1.25. The number of rotatable bonds is 4. The van der Waals surface area contributed by atoms with E-state index in [-0.39, 0.29) is 24.0 Å². The molecule has 0 fully saturated rings. The number of hydrogen-bond donors (Lipinski definition) is 3. The fraction of sp³-hybridized carbons (Fsp3) is 0.667. The molecular formula is C12H21N3O2. The molecule has 1 amide bonds. The first-order valence-corrected chi connectivity index (χ1v) is 5.75. The molecular weight excluding hydrogens is 218 g/mol.